The van der Waals surface area contributed by atoms with Gasteiger partial charge in [-0.3, -0.25) is 9.79 Å². The lowest BCUT2D eigenvalue weighted by molar-refractivity contribution is -0.501. The number of carbonyl (C=O) groups excluding carboxylic acids is 1. The Hall–Kier alpha value is -1.73. The van der Waals surface area contributed by atoms with Crippen LogP contribution in [0, 0.1) is 0 Å². The highest BCUT2D eigenvalue weighted by atomic mass is 79.9. The fourth-order valence-corrected chi connectivity index (χ4v) is 5.98. The summed E-state index contributed by atoms with van der Waals surface area (Å²) < 4.78 is 0.557. The Morgan fingerprint density at radius 3 is 3.08 bits per heavy atom. The number of allylic oxidation sites excluding steroid dienone is 3. The molecule has 0 fully saturated rings. The lowest BCUT2D eigenvalue weighted by atomic mass is 9.70. The second-order valence-corrected chi connectivity index (χ2v) is 8.66. The van der Waals surface area contributed by atoms with Crippen molar-refractivity contribution < 1.29 is 14.9 Å². The fraction of sp³-hybridized carbons (Fsp3) is 0.278. The van der Waals surface area contributed by atoms with E-state index < -0.39 is 5.41 Å². The lowest BCUT2D eigenvalue weighted by Gasteiger charge is -2.36. The Morgan fingerprint density at radius 2 is 2.28 bits per heavy atom. The van der Waals surface area contributed by atoms with Gasteiger partial charge in [-0.05, 0) is 34.1 Å². The smallest absolute Gasteiger partial charge is 0.214 e. The largest absolute Gasteiger partial charge is 0.504 e. The number of aromatic hydroxyl groups is 1. The minimum absolute atomic E-state index is 0.0432. The molecule has 1 aromatic carbocycles. The molecule has 0 aromatic heterocycles. The fourth-order valence-electron chi connectivity index (χ4n) is 4.21. The molecule has 25 heavy (non-hydrogen) atoms. The molecule has 1 aromatic rings. The molecule has 0 saturated heterocycles. The Morgan fingerprint density at radius 1 is 1.44 bits per heavy atom. The molecular formula is C18H14Br2N3O2+. The van der Waals surface area contributed by atoms with Crippen LogP contribution >= 0.6 is 31.9 Å². The van der Waals surface area contributed by atoms with Crippen LogP contribution in [0.3, 0.4) is 0 Å². The van der Waals surface area contributed by atoms with E-state index in [2.05, 4.69) is 53.2 Å². The van der Waals surface area contributed by atoms with Crippen molar-refractivity contribution in [1.82, 2.24) is 0 Å². The Bertz CT molecular complexity index is 1070. The monoisotopic (exact) mass is 462 g/mol. The van der Waals surface area contributed by atoms with Crippen molar-refractivity contribution >= 4 is 60.8 Å². The van der Waals surface area contributed by atoms with Gasteiger partial charge in [-0.1, -0.05) is 28.1 Å². The normalized spacial score (nSPS) is 28.4. The van der Waals surface area contributed by atoms with Crippen LogP contribution in [0.5, 0.6) is 5.75 Å². The standard InChI is InChI=1S/C18H13Br2N3O2/c19-9-5-18(6-10(20)16(9)24)2-4-22-15-12(18)13-11-8(1-3-21-13)7-23-14(11)17(15)25/h2,4-5,7,10,22,25H,1,3,6H2/p+1. The van der Waals surface area contributed by atoms with Gasteiger partial charge in [0.2, 0.25) is 5.36 Å². The molecule has 5 nitrogen and oxygen atoms in total. The van der Waals surface area contributed by atoms with E-state index in [1.165, 1.54) is 0 Å². The number of hydrogen-bond acceptors (Lipinski definition) is 4. The summed E-state index contributed by atoms with van der Waals surface area (Å²) in [6, 6.07) is 0. The number of Topliss-reactive ketones (excluding diaryl/α,β-unsaturated/α-hetero) is 1. The SMILES string of the molecule is O=C1C(Br)=CC2(C=CNc3c(O)c4c5c(c32)=[NH+]CCC=5C=N4)CC1Br. The van der Waals surface area contributed by atoms with Gasteiger partial charge in [-0.2, -0.15) is 0 Å². The molecule has 2 unspecified atom stereocenters. The van der Waals surface area contributed by atoms with Gasteiger partial charge in [-0.25, -0.2) is 4.99 Å². The number of benzene rings is 1. The van der Waals surface area contributed by atoms with Crippen LogP contribution in [-0.2, 0) is 10.2 Å². The van der Waals surface area contributed by atoms with Crippen molar-refractivity contribution in [2.24, 2.45) is 4.99 Å². The third kappa shape index (κ3) is 1.96. The first-order chi connectivity index (χ1) is 12.0. The number of ketones is 1. The third-order valence-corrected chi connectivity index (χ3v) is 6.67. The molecule has 3 N–H and O–H groups in total. The van der Waals surface area contributed by atoms with E-state index >= 15 is 0 Å². The zero-order valence-corrected chi connectivity index (χ0v) is 16.2. The zero-order valence-electron chi connectivity index (χ0n) is 13.1. The molecule has 3 heterocycles. The summed E-state index contributed by atoms with van der Waals surface area (Å²) >= 11 is 6.95. The second kappa shape index (κ2) is 5.14. The Labute approximate surface area is 160 Å². The maximum absolute atomic E-state index is 12.2. The highest BCUT2D eigenvalue weighted by Gasteiger charge is 2.45. The van der Waals surface area contributed by atoms with Gasteiger partial charge in [0.25, 0.3) is 0 Å². The first kappa shape index (κ1) is 15.5. The summed E-state index contributed by atoms with van der Waals surface area (Å²) in [5, 5.41) is 16.0. The van der Waals surface area contributed by atoms with Crippen LogP contribution in [0.1, 0.15) is 18.4 Å². The number of rotatable bonds is 0. The van der Waals surface area contributed by atoms with E-state index in [1.807, 2.05) is 18.5 Å². The van der Waals surface area contributed by atoms with E-state index in [1.54, 1.807) is 0 Å². The maximum atomic E-state index is 12.2. The first-order valence-corrected chi connectivity index (χ1v) is 9.81. The van der Waals surface area contributed by atoms with Crippen molar-refractivity contribution in [3.8, 4) is 5.75 Å². The van der Waals surface area contributed by atoms with Crippen molar-refractivity contribution in [2.75, 3.05) is 11.9 Å². The number of anilines is 1. The number of phenols is 1. The molecule has 0 saturated carbocycles. The van der Waals surface area contributed by atoms with E-state index in [0.717, 1.165) is 34.7 Å². The average Bonchev–Trinajstić information content (AvgIpc) is 3.03. The number of phenolic OH excluding ortho intramolecular Hbond substituents is 1. The summed E-state index contributed by atoms with van der Waals surface area (Å²) in [6.07, 6.45) is 9.18. The van der Waals surface area contributed by atoms with Gasteiger partial charge in [0, 0.05) is 18.1 Å². The van der Waals surface area contributed by atoms with Crippen LogP contribution in [0.25, 0.3) is 5.57 Å². The maximum Gasteiger partial charge on any atom is 0.214 e. The number of carbonyl (C=O) groups is 1. The van der Waals surface area contributed by atoms with Gasteiger partial charge >= 0.3 is 0 Å². The molecule has 1 spiro atoms. The molecule has 2 atom stereocenters. The van der Waals surface area contributed by atoms with E-state index in [0.29, 0.717) is 22.3 Å². The van der Waals surface area contributed by atoms with Gasteiger partial charge in [0.1, 0.15) is 12.2 Å². The molecule has 4 aliphatic rings. The summed E-state index contributed by atoms with van der Waals surface area (Å²) in [5.74, 6) is 0.210. The predicted molar refractivity (Wildman–Crippen MR) is 102 cm³/mol. The lowest BCUT2D eigenvalue weighted by Crippen LogP contribution is -2.83. The van der Waals surface area contributed by atoms with Crippen molar-refractivity contribution in [3.63, 3.8) is 0 Å². The van der Waals surface area contributed by atoms with Gasteiger partial charge in [0.15, 0.2) is 11.5 Å². The number of nitrogens with one attached hydrogen (secondary N) is 2. The second-order valence-electron chi connectivity index (χ2n) is 6.70. The Kier molecular flexibility index (Phi) is 3.19. The number of nitrogens with zero attached hydrogens (tertiary/aromatic N) is 1. The zero-order chi connectivity index (χ0) is 17.3. The van der Waals surface area contributed by atoms with Crippen LogP contribution in [-0.4, -0.2) is 28.5 Å². The third-order valence-electron chi connectivity index (χ3n) is 5.31. The van der Waals surface area contributed by atoms with E-state index in [4.69, 9.17) is 0 Å². The van der Waals surface area contributed by atoms with Crippen LogP contribution in [0.4, 0.5) is 11.4 Å². The molecule has 3 aliphatic heterocycles. The van der Waals surface area contributed by atoms with Crippen LogP contribution in [0.15, 0.2) is 27.8 Å². The summed E-state index contributed by atoms with van der Waals surface area (Å²) in [5.41, 5.74) is 2.93. The molecule has 7 heteroatoms. The van der Waals surface area contributed by atoms with Gasteiger partial charge < -0.3 is 10.4 Å². The average molecular weight is 464 g/mol. The quantitative estimate of drug-likeness (QED) is 0.388. The molecule has 0 amide bonds. The molecular weight excluding hydrogens is 450 g/mol. The van der Waals surface area contributed by atoms with E-state index in [9.17, 15) is 9.90 Å². The number of halogens is 2. The number of hydrogen-bond donors (Lipinski definition) is 3. The summed E-state index contributed by atoms with van der Waals surface area (Å²) in [7, 11) is 0. The van der Waals surface area contributed by atoms with Gasteiger partial charge in [0.05, 0.1) is 25.8 Å². The minimum atomic E-state index is -0.485. The predicted octanol–water partition coefficient (Wildman–Crippen LogP) is 0.555. The molecule has 0 radical (unpaired) electrons. The summed E-state index contributed by atoms with van der Waals surface area (Å²) in [4.78, 5) is 19.9. The molecule has 1 aliphatic carbocycles. The molecule has 5 rings (SSSR count). The van der Waals surface area contributed by atoms with Crippen LogP contribution < -0.4 is 20.9 Å². The summed E-state index contributed by atoms with van der Waals surface area (Å²) in [6.45, 7) is 0.826. The van der Waals surface area contributed by atoms with E-state index in [-0.39, 0.29) is 16.4 Å². The topological polar surface area (TPSA) is 75.7 Å². The minimum Gasteiger partial charge on any atom is -0.504 e. The van der Waals surface area contributed by atoms with Crippen molar-refractivity contribution in [2.45, 2.75) is 23.1 Å². The first-order valence-electron chi connectivity index (χ1n) is 8.10. The molecule has 126 valence electrons. The Balaban J connectivity index is 1.92. The highest BCUT2D eigenvalue weighted by Crippen LogP contribution is 2.48. The molecule has 0 bridgehead atoms. The van der Waals surface area contributed by atoms with Crippen molar-refractivity contribution in [3.05, 3.63) is 39.0 Å². The number of alkyl halides is 1. The van der Waals surface area contributed by atoms with Gasteiger partial charge in [-0.15, -0.1) is 0 Å². The number of aliphatic imine (C=N–C) groups is 1. The number of fused-ring (bicyclic) bond motifs is 3. The van der Waals surface area contributed by atoms with Crippen LogP contribution in [0.2, 0.25) is 0 Å². The highest BCUT2D eigenvalue weighted by molar-refractivity contribution is 9.12. The van der Waals surface area contributed by atoms with Crippen molar-refractivity contribution in [1.29, 1.82) is 0 Å².